The summed E-state index contributed by atoms with van der Waals surface area (Å²) >= 11 is 4.49. The molecule has 0 saturated carbocycles. The van der Waals surface area contributed by atoms with E-state index in [0.717, 1.165) is 10.4 Å². The zero-order valence-electron chi connectivity index (χ0n) is 11.2. The van der Waals surface area contributed by atoms with Crippen LogP contribution in [0.1, 0.15) is 21.0 Å². The molecular weight excluding hydrogens is 371 g/mol. The second-order valence-electron chi connectivity index (χ2n) is 4.50. The van der Waals surface area contributed by atoms with E-state index in [4.69, 9.17) is 4.42 Å². The predicted molar refractivity (Wildman–Crippen MR) is 85.7 cm³/mol. The molecule has 0 atom stereocenters. The number of nitrogens with zero attached hydrogens (tertiary/aromatic N) is 1. The number of rotatable bonds is 4. The second kappa shape index (κ2) is 6.41. The Hall–Kier alpha value is -1.99. The summed E-state index contributed by atoms with van der Waals surface area (Å²) in [4.78, 5) is 17.0. The highest BCUT2D eigenvalue weighted by Gasteiger charge is 2.13. The van der Waals surface area contributed by atoms with Gasteiger partial charge in [0.05, 0.1) is 0 Å². The second-order valence-corrected chi connectivity index (χ2v) is 6.39. The minimum absolute atomic E-state index is 0.203. The van der Waals surface area contributed by atoms with E-state index in [1.807, 2.05) is 6.07 Å². The zero-order chi connectivity index (χ0) is 15.5. The van der Waals surface area contributed by atoms with E-state index in [-0.39, 0.29) is 17.5 Å². The smallest absolute Gasteiger partial charge is 0.293 e. The Morgan fingerprint density at radius 1 is 1.36 bits per heavy atom. The van der Waals surface area contributed by atoms with Gasteiger partial charge in [0, 0.05) is 17.5 Å². The van der Waals surface area contributed by atoms with Crippen LogP contribution in [0.3, 0.4) is 0 Å². The van der Waals surface area contributed by atoms with Crippen molar-refractivity contribution in [1.82, 2.24) is 4.98 Å². The van der Waals surface area contributed by atoms with Gasteiger partial charge in [0.1, 0.15) is 5.82 Å². The van der Waals surface area contributed by atoms with Crippen LogP contribution in [0.2, 0.25) is 0 Å². The van der Waals surface area contributed by atoms with Gasteiger partial charge in [0.15, 0.2) is 15.6 Å². The first-order valence-electron chi connectivity index (χ1n) is 6.36. The van der Waals surface area contributed by atoms with E-state index in [1.54, 1.807) is 24.4 Å². The van der Waals surface area contributed by atoms with Gasteiger partial charge < -0.3 is 4.42 Å². The van der Waals surface area contributed by atoms with Crippen LogP contribution in [-0.2, 0) is 6.42 Å². The summed E-state index contributed by atoms with van der Waals surface area (Å²) in [6, 6.07) is 9.62. The van der Waals surface area contributed by atoms with Crippen LogP contribution in [0.5, 0.6) is 0 Å². The van der Waals surface area contributed by atoms with Crippen LogP contribution in [-0.4, -0.2) is 10.9 Å². The number of amides is 1. The Morgan fingerprint density at radius 3 is 2.95 bits per heavy atom. The van der Waals surface area contributed by atoms with Crippen molar-refractivity contribution in [3.8, 4) is 0 Å². The normalized spacial score (nSPS) is 10.6. The molecule has 112 valence electrons. The molecule has 3 aromatic rings. The van der Waals surface area contributed by atoms with Crippen molar-refractivity contribution in [2.75, 3.05) is 5.32 Å². The first-order valence-corrected chi connectivity index (χ1v) is 7.97. The van der Waals surface area contributed by atoms with Crippen molar-refractivity contribution in [1.29, 1.82) is 0 Å². The van der Waals surface area contributed by atoms with Gasteiger partial charge in [-0.15, -0.1) is 11.3 Å². The van der Waals surface area contributed by atoms with Gasteiger partial charge in [-0.3, -0.25) is 10.1 Å². The number of carbonyl (C=O) groups is 1. The average molecular weight is 381 g/mol. The van der Waals surface area contributed by atoms with Crippen LogP contribution in [0.25, 0.3) is 0 Å². The van der Waals surface area contributed by atoms with Gasteiger partial charge in [0.2, 0.25) is 0 Å². The number of hydrogen-bond donors (Lipinski definition) is 1. The van der Waals surface area contributed by atoms with Crippen molar-refractivity contribution in [3.05, 3.63) is 69.3 Å². The van der Waals surface area contributed by atoms with E-state index in [2.05, 4.69) is 26.2 Å². The molecule has 1 aromatic carbocycles. The van der Waals surface area contributed by atoms with Crippen LogP contribution >= 0.6 is 27.3 Å². The Morgan fingerprint density at radius 2 is 2.23 bits per heavy atom. The maximum absolute atomic E-state index is 13.2. The molecule has 2 heterocycles. The summed E-state index contributed by atoms with van der Waals surface area (Å²) in [7, 11) is 0. The molecule has 3 rings (SSSR count). The molecule has 0 spiro atoms. The number of furan rings is 1. The number of carbonyl (C=O) groups excluding carboxylic acids is 1. The molecular formula is C15H10BrFN2O2S. The standard InChI is InChI=1S/C15H10BrFN2O2S/c16-13-5-4-12(21-13)14(20)19-15-18-8-11(22-15)7-9-2-1-3-10(17)6-9/h1-6,8H,7H2,(H,18,19,20). The van der Waals surface area contributed by atoms with Crippen LogP contribution < -0.4 is 5.32 Å². The fourth-order valence-corrected chi connectivity index (χ4v) is 3.04. The number of anilines is 1. The van der Waals surface area contributed by atoms with Crippen LogP contribution in [0.4, 0.5) is 9.52 Å². The van der Waals surface area contributed by atoms with E-state index >= 15 is 0 Å². The van der Waals surface area contributed by atoms with E-state index < -0.39 is 0 Å². The molecule has 1 N–H and O–H groups in total. The third-order valence-electron chi connectivity index (χ3n) is 2.84. The summed E-state index contributed by atoms with van der Waals surface area (Å²) in [5.74, 6) is -0.426. The molecule has 1 amide bonds. The van der Waals surface area contributed by atoms with Crippen molar-refractivity contribution in [3.63, 3.8) is 0 Å². The summed E-state index contributed by atoms with van der Waals surface area (Å²) in [6.45, 7) is 0. The zero-order valence-corrected chi connectivity index (χ0v) is 13.6. The highest BCUT2D eigenvalue weighted by atomic mass is 79.9. The molecule has 2 aromatic heterocycles. The van der Waals surface area contributed by atoms with Crippen LogP contribution in [0.15, 0.2) is 51.7 Å². The Labute approximate surface area is 138 Å². The largest absolute Gasteiger partial charge is 0.444 e. The Kier molecular flexibility index (Phi) is 4.35. The number of aromatic nitrogens is 1. The summed E-state index contributed by atoms with van der Waals surface area (Å²) in [6.07, 6.45) is 2.24. The molecule has 0 unspecified atom stereocenters. The lowest BCUT2D eigenvalue weighted by molar-refractivity contribution is 0.0995. The quantitative estimate of drug-likeness (QED) is 0.725. The lowest BCUT2D eigenvalue weighted by Crippen LogP contribution is -2.10. The monoisotopic (exact) mass is 380 g/mol. The molecule has 0 saturated heterocycles. The summed E-state index contributed by atoms with van der Waals surface area (Å²) in [5, 5.41) is 3.14. The van der Waals surface area contributed by atoms with Crippen molar-refractivity contribution in [2.24, 2.45) is 0 Å². The number of hydrogen-bond acceptors (Lipinski definition) is 4. The first-order chi connectivity index (χ1) is 10.6. The van der Waals surface area contributed by atoms with Gasteiger partial charge in [0.25, 0.3) is 5.91 Å². The third kappa shape index (κ3) is 3.61. The third-order valence-corrected chi connectivity index (χ3v) is 4.18. The Balaban J connectivity index is 1.67. The van der Waals surface area contributed by atoms with Gasteiger partial charge in [-0.2, -0.15) is 0 Å². The molecule has 4 nitrogen and oxygen atoms in total. The molecule has 0 radical (unpaired) electrons. The number of benzene rings is 1. The average Bonchev–Trinajstić information content (AvgIpc) is 3.08. The Bertz CT molecular complexity index is 815. The maximum Gasteiger partial charge on any atom is 0.293 e. The van der Waals surface area contributed by atoms with Gasteiger partial charge in [-0.25, -0.2) is 9.37 Å². The fourth-order valence-electron chi connectivity index (χ4n) is 1.89. The summed E-state index contributed by atoms with van der Waals surface area (Å²) in [5.41, 5.74) is 0.858. The number of nitrogens with one attached hydrogen (secondary N) is 1. The minimum Gasteiger partial charge on any atom is -0.444 e. The highest BCUT2D eigenvalue weighted by molar-refractivity contribution is 9.10. The molecule has 22 heavy (non-hydrogen) atoms. The first kappa shape index (κ1) is 14.9. The van der Waals surface area contributed by atoms with Crippen molar-refractivity contribution in [2.45, 2.75) is 6.42 Å². The fraction of sp³-hybridized carbons (Fsp3) is 0.0667. The van der Waals surface area contributed by atoms with Crippen molar-refractivity contribution >= 4 is 38.3 Å². The molecule has 0 bridgehead atoms. The van der Waals surface area contributed by atoms with E-state index in [1.165, 1.54) is 23.5 Å². The lowest BCUT2D eigenvalue weighted by atomic mass is 10.1. The topological polar surface area (TPSA) is 55.1 Å². The molecule has 0 fully saturated rings. The summed E-state index contributed by atoms with van der Waals surface area (Å²) < 4.78 is 18.8. The van der Waals surface area contributed by atoms with Crippen molar-refractivity contribution < 1.29 is 13.6 Å². The van der Waals surface area contributed by atoms with Gasteiger partial charge >= 0.3 is 0 Å². The van der Waals surface area contributed by atoms with E-state index in [0.29, 0.717) is 16.2 Å². The SMILES string of the molecule is O=C(Nc1ncc(Cc2cccc(F)c2)s1)c1ccc(Br)o1. The highest BCUT2D eigenvalue weighted by Crippen LogP contribution is 2.23. The minimum atomic E-state index is -0.364. The molecule has 0 aliphatic rings. The van der Waals surface area contributed by atoms with Gasteiger partial charge in [-0.1, -0.05) is 12.1 Å². The molecule has 7 heteroatoms. The molecule has 0 aliphatic heterocycles. The van der Waals surface area contributed by atoms with E-state index in [9.17, 15) is 9.18 Å². The maximum atomic E-state index is 13.2. The lowest BCUT2D eigenvalue weighted by Gasteiger charge is -1.98. The molecule has 0 aliphatic carbocycles. The number of halogens is 2. The van der Waals surface area contributed by atoms with Crippen LogP contribution in [0, 0.1) is 5.82 Å². The number of thiazole rings is 1. The van der Waals surface area contributed by atoms with Gasteiger partial charge in [-0.05, 0) is 45.8 Å². The predicted octanol–water partition coefficient (Wildman–Crippen LogP) is 4.48.